The van der Waals surface area contributed by atoms with Crippen molar-refractivity contribution in [1.29, 1.82) is 0 Å². The van der Waals surface area contributed by atoms with E-state index >= 15 is 0 Å². The Morgan fingerprint density at radius 2 is 2.09 bits per heavy atom. The minimum Gasteiger partial charge on any atom is -1.00 e. The average Bonchev–Trinajstić information content (AvgIpc) is 3.31. The summed E-state index contributed by atoms with van der Waals surface area (Å²) in [7, 11) is 3.29. The van der Waals surface area contributed by atoms with Crippen LogP contribution in [0.15, 0.2) is 41.0 Å². The van der Waals surface area contributed by atoms with Crippen LogP contribution in [0.4, 0.5) is 0 Å². The predicted octanol–water partition coefficient (Wildman–Crippen LogP) is -1.13. The van der Waals surface area contributed by atoms with Crippen molar-refractivity contribution in [2.24, 2.45) is 5.92 Å². The summed E-state index contributed by atoms with van der Waals surface area (Å²) in [5, 5.41) is 14.4. The van der Waals surface area contributed by atoms with Crippen molar-refractivity contribution in [3.05, 3.63) is 47.9 Å². The fraction of sp³-hybridized carbons (Fsp3) is 0.542. The van der Waals surface area contributed by atoms with Crippen LogP contribution >= 0.6 is 0 Å². The topological polar surface area (TPSA) is 85.4 Å². The van der Waals surface area contributed by atoms with Gasteiger partial charge in [0.1, 0.15) is 23.3 Å². The summed E-state index contributed by atoms with van der Waals surface area (Å²) >= 11 is 0. The van der Waals surface area contributed by atoms with E-state index < -0.39 is 5.60 Å². The Hall–Kier alpha value is -2.22. The molecule has 7 nitrogen and oxygen atoms in total. The second kappa shape index (κ2) is 10.6. The molecule has 1 aliphatic heterocycles. The molecule has 2 aromatic rings. The number of furan rings is 1. The number of hydrogen-bond acceptors (Lipinski definition) is 5. The second-order valence-electron chi connectivity index (χ2n) is 8.73. The number of methoxy groups -OCH3 is 2. The van der Waals surface area contributed by atoms with Crippen molar-refractivity contribution >= 4 is 5.91 Å². The number of piperidine rings is 1. The maximum Gasteiger partial charge on any atom is 0.275 e. The fourth-order valence-corrected chi connectivity index (χ4v) is 5.43. The van der Waals surface area contributed by atoms with Gasteiger partial charge in [0.25, 0.3) is 5.91 Å². The highest BCUT2D eigenvalue weighted by Crippen LogP contribution is 2.46. The smallest absolute Gasteiger partial charge is 0.275 e. The lowest BCUT2D eigenvalue weighted by atomic mass is 9.66. The van der Waals surface area contributed by atoms with Crippen LogP contribution in [0.2, 0.25) is 0 Å². The number of rotatable bonds is 7. The van der Waals surface area contributed by atoms with E-state index in [9.17, 15) is 9.90 Å². The zero-order valence-corrected chi connectivity index (χ0v) is 19.5. The highest BCUT2D eigenvalue weighted by molar-refractivity contribution is 5.76. The van der Waals surface area contributed by atoms with E-state index in [1.807, 2.05) is 30.3 Å². The van der Waals surface area contributed by atoms with Gasteiger partial charge in [-0.05, 0) is 37.1 Å². The highest BCUT2D eigenvalue weighted by Gasteiger charge is 2.52. The number of aliphatic hydroxyl groups is 1. The van der Waals surface area contributed by atoms with Crippen molar-refractivity contribution < 1.29 is 41.1 Å². The standard InChI is InChI=1S/C24H32N2O5.ClH/c1-29-17-8-9-19(21(14-17)30-2)23-20-7-3-4-10-24(20,28)11-12-26(23)16-22(27)25-15-18-6-5-13-31-18;/h5-6,8-9,13-14,20,23,28H,3-4,7,10-12,15-16H2,1-2H3,(H,25,27);1H. The molecule has 1 aromatic carbocycles. The third-order valence-corrected chi connectivity index (χ3v) is 6.99. The molecule has 0 spiro atoms. The third kappa shape index (κ3) is 5.05. The summed E-state index contributed by atoms with van der Waals surface area (Å²) in [4.78, 5) is 14.0. The SMILES string of the molecule is COc1ccc(C2C3CCCCC3(O)CC[NH+]2CC(=O)NCc2ccco2)c(OC)c1.[Cl-]. The Morgan fingerprint density at radius 3 is 2.81 bits per heavy atom. The summed E-state index contributed by atoms with van der Waals surface area (Å²) in [6, 6.07) is 9.50. The van der Waals surface area contributed by atoms with E-state index in [-0.39, 0.29) is 30.3 Å². The molecule has 2 fully saturated rings. The van der Waals surface area contributed by atoms with Crippen molar-refractivity contribution in [3.63, 3.8) is 0 Å². The van der Waals surface area contributed by atoms with Crippen LogP contribution in [0.25, 0.3) is 0 Å². The summed E-state index contributed by atoms with van der Waals surface area (Å²) in [5.74, 6) is 2.27. The normalized spacial score (nSPS) is 27.0. The Morgan fingerprint density at radius 1 is 1.25 bits per heavy atom. The Bertz CT molecular complexity index is 891. The minimum absolute atomic E-state index is 0. The number of carbonyl (C=O) groups is 1. The Kier molecular flexibility index (Phi) is 8.09. The lowest BCUT2D eigenvalue weighted by Crippen LogP contribution is -3.16. The molecule has 1 amide bonds. The molecule has 3 N–H and O–H groups in total. The number of hydrogen-bond donors (Lipinski definition) is 3. The first-order valence-electron chi connectivity index (χ1n) is 11.1. The van der Waals surface area contributed by atoms with Crippen molar-refractivity contribution in [3.8, 4) is 11.5 Å². The summed E-state index contributed by atoms with van der Waals surface area (Å²) in [5.41, 5.74) is 0.351. The lowest BCUT2D eigenvalue weighted by Gasteiger charge is -2.50. The van der Waals surface area contributed by atoms with Crippen LogP contribution in [0.5, 0.6) is 11.5 Å². The van der Waals surface area contributed by atoms with Gasteiger partial charge in [-0.15, -0.1) is 0 Å². The molecule has 1 saturated carbocycles. The molecule has 0 radical (unpaired) electrons. The van der Waals surface area contributed by atoms with Crippen LogP contribution in [-0.4, -0.2) is 43.9 Å². The van der Waals surface area contributed by atoms with Crippen molar-refractivity contribution in [2.75, 3.05) is 27.3 Å². The first-order chi connectivity index (χ1) is 15.0. The number of likely N-dealkylation sites (tertiary alicyclic amines) is 1. The molecule has 4 rings (SSSR count). The first kappa shape index (κ1) is 24.4. The molecule has 176 valence electrons. The molecular weight excluding hydrogens is 432 g/mol. The number of benzene rings is 1. The first-order valence-corrected chi connectivity index (χ1v) is 11.1. The van der Waals surface area contributed by atoms with Crippen LogP contribution in [-0.2, 0) is 11.3 Å². The Balaban J connectivity index is 0.00000289. The van der Waals surface area contributed by atoms with Gasteiger partial charge in [0.2, 0.25) is 0 Å². The quantitative estimate of drug-likeness (QED) is 0.483. The second-order valence-corrected chi connectivity index (χ2v) is 8.73. The van der Waals surface area contributed by atoms with Gasteiger partial charge in [0.15, 0.2) is 6.54 Å². The number of halogens is 1. The molecule has 8 heteroatoms. The number of quaternary nitrogens is 1. The number of fused-ring (bicyclic) bond motifs is 1. The van der Waals surface area contributed by atoms with Gasteiger partial charge in [-0.1, -0.05) is 12.8 Å². The number of amides is 1. The lowest BCUT2D eigenvalue weighted by molar-refractivity contribution is -0.937. The van der Waals surface area contributed by atoms with Gasteiger partial charge in [0.05, 0.1) is 44.7 Å². The predicted molar refractivity (Wildman–Crippen MR) is 115 cm³/mol. The van der Waals surface area contributed by atoms with Gasteiger partial charge in [-0.2, -0.15) is 0 Å². The van der Waals surface area contributed by atoms with E-state index in [1.54, 1.807) is 20.5 Å². The summed E-state index contributed by atoms with van der Waals surface area (Å²) in [6.45, 7) is 1.46. The zero-order chi connectivity index (χ0) is 21.8. The van der Waals surface area contributed by atoms with Crippen LogP contribution in [0.1, 0.15) is 49.5 Å². The van der Waals surface area contributed by atoms with Crippen molar-refractivity contribution in [1.82, 2.24) is 5.32 Å². The molecular formula is C24H33ClN2O5. The van der Waals surface area contributed by atoms with Crippen molar-refractivity contribution in [2.45, 2.75) is 50.3 Å². The molecule has 1 saturated heterocycles. The maximum absolute atomic E-state index is 12.8. The van der Waals surface area contributed by atoms with Crippen LogP contribution in [0.3, 0.4) is 0 Å². The summed E-state index contributed by atoms with van der Waals surface area (Å²) < 4.78 is 16.4. The van der Waals surface area contributed by atoms with Gasteiger partial charge in [-0.25, -0.2) is 0 Å². The van der Waals surface area contributed by atoms with Gasteiger partial charge < -0.3 is 41.6 Å². The fourth-order valence-electron chi connectivity index (χ4n) is 5.43. The third-order valence-electron chi connectivity index (χ3n) is 6.99. The molecule has 1 aromatic heterocycles. The zero-order valence-electron chi connectivity index (χ0n) is 18.7. The van der Waals surface area contributed by atoms with E-state index in [4.69, 9.17) is 13.9 Å². The van der Waals surface area contributed by atoms with E-state index in [0.29, 0.717) is 19.5 Å². The van der Waals surface area contributed by atoms with Gasteiger partial charge >= 0.3 is 0 Å². The van der Waals surface area contributed by atoms with Gasteiger partial charge in [0, 0.05) is 18.4 Å². The monoisotopic (exact) mass is 464 g/mol. The van der Waals surface area contributed by atoms with E-state index in [1.165, 1.54) is 0 Å². The molecule has 32 heavy (non-hydrogen) atoms. The van der Waals surface area contributed by atoms with Crippen LogP contribution < -0.4 is 32.1 Å². The van der Waals surface area contributed by atoms with Gasteiger partial charge in [-0.3, -0.25) is 4.79 Å². The number of carbonyl (C=O) groups excluding carboxylic acids is 1. The molecule has 4 atom stereocenters. The molecule has 2 heterocycles. The number of ether oxygens (including phenoxy) is 2. The molecule has 2 aliphatic rings. The maximum atomic E-state index is 12.8. The molecule has 0 bridgehead atoms. The highest BCUT2D eigenvalue weighted by atomic mass is 35.5. The van der Waals surface area contributed by atoms with E-state index in [2.05, 4.69) is 5.32 Å². The van der Waals surface area contributed by atoms with E-state index in [0.717, 1.165) is 60.0 Å². The summed E-state index contributed by atoms with van der Waals surface area (Å²) in [6.07, 6.45) is 6.25. The van der Waals surface area contributed by atoms with Crippen LogP contribution in [0, 0.1) is 5.92 Å². The molecule has 1 aliphatic carbocycles. The molecule has 4 unspecified atom stereocenters. The average molecular weight is 465 g/mol. The minimum atomic E-state index is -0.679. The Labute approximate surface area is 195 Å². The number of nitrogens with one attached hydrogen (secondary N) is 2. The largest absolute Gasteiger partial charge is 1.00 e.